The summed E-state index contributed by atoms with van der Waals surface area (Å²) in [5.41, 5.74) is 2.44. The van der Waals surface area contributed by atoms with Crippen molar-refractivity contribution in [1.82, 2.24) is 0 Å². The van der Waals surface area contributed by atoms with Crippen LogP contribution in [0.25, 0.3) is 0 Å². The molecule has 1 aromatic rings. The summed E-state index contributed by atoms with van der Waals surface area (Å²) in [6.45, 7) is 3.02. The maximum absolute atomic E-state index is 9.56. The molecule has 0 aliphatic carbocycles. The predicted octanol–water partition coefficient (Wildman–Crippen LogP) is 1.85. The van der Waals surface area contributed by atoms with Crippen molar-refractivity contribution in [2.75, 3.05) is 18.6 Å². The van der Waals surface area contributed by atoms with Crippen molar-refractivity contribution in [3.63, 3.8) is 0 Å². The minimum atomic E-state index is 0.0445. The van der Waals surface area contributed by atoms with E-state index in [1.165, 1.54) is 11.3 Å². The molecule has 1 aromatic carbocycles. The molecule has 0 saturated carbocycles. The largest absolute Gasteiger partial charge is 0.508 e. The number of aromatic hydroxyl groups is 1. The van der Waals surface area contributed by atoms with Crippen molar-refractivity contribution in [1.29, 1.82) is 0 Å². The van der Waals surface area contributed by atoms with E-state index in [1.807, 2.05) is 12.1 Å². The van der Waals surface area contributed by atoms with E-state index < -0.39 is 0 Å². The summed E-state index contributed by atoms with van der Waals surface area (Å²) < 4.78 is 5.76. The standard InChI is InChI=1S/C12H15NO2/c1-12-5-6-15-11(12)13(2)10-4-3-8(14)7-9(10)12/h3-4,7,11,14H,5-6H2,1-2H3/t11-,12-/m1/s1. The number of likely N-dealkylation sites (N-methyl/N-ethyl adjacent to an activating group) is 1. The topological polar surface area (TPSA) is 32.7 Å². The van der Waals surface area contributed by atoms with Gasteiger partial charge in [0.1, 0.15) is 12.0 Å². The highest BCUT2D eigenvalue weighted by Gasteiger charge is 2.50. The fraction of sp³-hybridized carbons (Fsp3) is 0.500. The number of benzene rings is 1. The first-order valence-corrected chi connectivity index (χ1v) is 5.31. The van der Waals surface area contributed by atoms with Crippen LogP contribution in [0.2, 0.25) is 0 Å². The summed E-state index contributed by atoms with van der Waals surface area (Å²) in [5.74, 6) is 0.343. The van der Waals surface area contributed by atoms with Crippen LogP contribution in [0.5, 0.6) is 5.75 Å². The summed E-state index contributed by atoms with van der Waals surface area (Å²) in [5, 5.41) is 9.56. The molecule has 0 radical (unpaired) electrons. The number of nitrogens with zero attached hydrogens (tertiary/aromatic N) is 1. The Bertz CT molecular complexity index is 418. The van der Waals surface area contributed by atoms with Gasteiger partial charge in [0.05, 0.1) is 6.61 Å². The molecule has 2 aliphatic heterocycles. The van der Waals surface area contributed by atoms with E-state index in [2.05, 4.69) is 18.9 Å². The predicted molar refractivity (Wildman–Crippen MR) is 58.2 cm³/mol. The fourth-order valence-electron chi connectivity index (χ4n) is 2.91. The lowest BCUT2D eigenvalue weighted by Crippen LogP contribution is -2.37. The summed E-state index contributed by atoms with van der Waals surface area (Å²) >= 11 is 0. The Hall–Kier alpha value is -1.22. The highest BCUT2D eigenvalue weighted by Crippen LogP contribution is 2.50. The number of ether oxygens (including phenoxy) is 1. The van der Waals surface area contributed by atoms with Gasteiger partial charge >= 0.3 is 0 Å². The zero-order valence-corrected chi connectivity index (χ0v) is 9.03. The van der Waals surface area contributed by atoms with Gasteiger partial charge in [0.15, 0.2) is 0 Å². The molecule has 0 aromatic heterocycles. The van der Waals surface area contributed by atoms with Crippen molar-refractivity contribution in [2.24, 2.45) is 0 Å². The first-order chi connectivity index (χ1) is 7.13. The number of phenolic OH excluding ortho intramolecular Hbond substituents is 1. The molecule has 3 rings (SSSR count). The third-order valence-corrected chi connectivity index (χ3v) is 3.77. The minimum absolute atomic E-state index is 0.0445. The Kier molecular flexibility index (Phi) is 1.61. The van der Waals surface area contributed by atoms with Crippen LogP contribution < -0.4 is 4.90 Å². The van der Waals surface area contributed by atoms with Crippen molar-refractivity contribution in [2.45, 2.75) is 25.0 Å². The summed E-state index contributed by atoms with van der Waals surface area (Å²) in [6, 6.07) is 5.58. The van der Waals surface area contributed by atoms with Crippen LogP contribution in [0.4, 0.5) is 5.69 Å². The SMILES string of the molecule is CN1c2ccc(O)cc2[C@@]2(C)CCO[C@@H]12. The second-order valence-electron chi connectivity index (χ2n) is 4.70. The molecule has 2 heterocycles. The monoisotopic (exact) mass is 205 g/mol. The number of hydrogen-bond donors (Lipinski definition) is 1. The van der Waals surface area contributed by atoms with Crippen LogP contribution >= 0.6 is 0 Å². The minimum Gasteiger partial charge on any atom is -0.508 e. The van der Waals surface area contributed by atoms with Crippen molar-refractivity contribution in [3.8, 4) is 5.75 Å². The molecule has 1 fully saturated rings. The normalized spacial score (nSPS) is 32.9. The lowest BCUT2D eigenvalue weighted by Gasteiger charge is -2.26. The van der Waals surface area contributed by atoms with Gasteiger partial charge < -0.3 is 14.7 Å². The van der Waals surface area contributed by atoms with Crippen molar-refractivity contribution < 1.29 is 9.84 Å². The third-order valence-electron chi connectivity index (χ3n) is 3.77. The van der Waals surface area contributed by atoms with Crippen LogP contribution in [-0.4, -0.2) is 25.0 Å². The van der Waals surface area contributed by atoms with Crippen LogP contribution in [0.1, 0.15) is 18.9 Å². The molecule has 0 bridgehead atoms. The van der Waals surface area contributed by atoms with Gasteiger partial charge in [-0.3, -0.25) is 0 Å². The molecule has 0 unspecified atom stereocenters. The van der Waals surface area contributed by atoms with E-state index in [-0.39, 0.29) is 11.6 Å². The van der Waals surface area contributed by atoms with Gasteiger partial charge in [-0.25, -0.2) is 0 Å². The fourth-order valence-corrected chi connectivity index (χ4v) is 2.91. The Morgan fingerprint density at radius 2 is 2.33 bits per heavy atom. The number of fused-ring (bicyclic) bond motifs is 3. The molecule has 0 spiro atoms. The smallest absolute Gasteiger partial charge is 0.139 e. The average Bonchev–Trinajstić information content (AvgIpc) is 2.67. The van der Waals surface area contributed by atoms with Gasteiger partial charge in [-0.2, -0.15) is 0 Å². The van der Waals surface area contributed by atoms with Gasteiger partial charge in [0, 0.05) is 18.2 Å². The van der Waals surface area contributed by atoms with Gasteiger partial charge in [0.2, 0.25) is 0 Å². The molecule has 2 atom stereocenters. The van der Waals surface area contributed by atoms with Crippen LogP contribution in [0.3, 0.4) is 0 Å². The first kappa shape index (κ1) is 9.04. The molecule has 15 heavy (non-hydrogen) atoms. The molecule has 3 heteroatoms. The Labute approximate surface area is 89.3 Å². The molecule has 80 valence electrons. The van der Waals surface area contributed by atoms with Gasteiger partial charge in [-0.15, -0.1) is 0 Å². The van der Waals surface area contributed by atoms with E-state index >= 15 is 0 Å². The van der Waals surface area contributed by atoms with Crippen molar-refractivity contribution in [3.05, 3.63) is 23.8 Å². The molecule has 1 N–H and O–H groups in total. The summed E-state index contributed by atoms with van der Waals surface area (Å²) in [4.78, 5) is 2.17. The Balaban J connectivity index is 2.21. The molecular formula is C12H15NO2. The quantitative estimate of drug-likeness (QED) is 0.701. The summed E-state index contributed by atoms with van der Waals surface area (Å²) in [7, 11) is 2.05. The average molecular weight is 205 g/mol. The number of phenols is 1. The molecule has 3 nitrogen and oxygen atoms in total. The van der Waals surface area contributed by atoms with Crippen molar-refractivity contribution >= 4 is 5.69 Å². The molecule has 1 saturated heterocycles. The zero-order valence-electron chi connectivity index (χ0n) is 9.03. The second-order valence-corrected chi connectivity index (χ2v) is 4.70. The first-order valence-electron chi connectivity index (χ1n) is 5.31. The van der Waals surface area contributed by atoms with E-state index in [4.69, 9.17) is 4.74 Å². The molecule has 2 aliphatic rings. The second kappa shape index (κ2) is 2.67. The van der Waals surface area contributed by atoms with E-state index in [1.54, 1.807) is 6.07 Å². The zero-order chi connectivity index (χ0) is 10.6. The van der Waals surface area contributed by atoms with Crippen LogP contribution in [0.15, 0.2) is 18.2 Å². The Morgan fingerprint density at radius 3 is 3.13 bits per heavy atom. The van der Waals surface area contributed by atoms with Crippen LogP contribution in [0, 0.1) is 0 Å². The van der Waals surface area contributed by atoms with E-state index in [0.717, 1.165) is 13.0 Å². The van der Waals surface area contributed by atoms with E-state index in [0.29, 0.717) is 5.75 Å². The lowest BCUT2D eigenvalue weighted by molar-refractivity contribution is 0.0920. The number of rotatable bonds is 0. The highest BCUT2D eigenvalue weighted by atomic mass is 16.5. The van der Waals surface area contributed by atoms with Gasteiger partial charge in [0.25, 0.3) is 0 Å². The van der Waals surface area contributed by atoms with Gasteiger partial charge in [-0.05, 0) is 30.2 Å². The third kappa shape index (κ3) is 0.988. The summed E-state index contributed by atoms with van der Waals surface area (Å²) in [6.07, 6.45) is 1.16. The maximum atomic E-state index is 9.56. The lowest BCUT2D eigenvalue weighted by atomic mass is 9.82. The highest BCUT2D eigenvalue weighted by molar-refractivity contribution is 5.65. The van der Waals surface area contributed by atoms with Gasteiger partial charge in [-0.1, -0.05) is 6.92 Å². The van der Waals surface area contributed by atoms with E-state index in [9.17, 15) is 5.11 Å². The van der Waals surface area contributed by atoms with Crippen LogP contribution in [-0.2, 0) is 10.2 Å². The number of hydrogen-bond acceptors (Lipinski definition) is 3. The Morgan fingerprint density at radius 1 is 1.53 bits per heavy atom. The molecule has 0 amide bonds. The molecular weight excluding hydrogens is 190 g/mol. The maximum Gasteiger partial charge on any atom is 0.139 e. The number of anilines is 1.